The summed E-state index contributed by atoms with van der Waals surface area (Å²) in [6.07, 6.45) is 6.35. The molecular formula is C39H43N5O5S. The summed E-state index contributed by atoms with van der Waals surface area (Å²) in [4.78, 5) is 26.1. The summed E-state index contributed by atoms with van der Waals surface area (Å²) < 4.78 is 38.4. The fourth-order valence-corrected chi connectivity index (χ4v) is 7.79. The van der Waals surface area contributed by atoms with Crippen molar-refractivity contribution in [3.05, 3.63) is 108 Å². The Balaban J connectivity index is 1.18. The lowest BCUT2D eigenvalue weighted by Crippen LogP contribution is -2.42. The van der Waals surface area contributed by atoms with Crippen LogP contribution in [0.3, 0.4) is 0 Å². The lowest BCUT2D eigenvalue weighted by molar-refractivity contribution is 0.0492. The molecule has 2 N–H and O–H groups in total. The van der Waals surface area contributed by atoms with E-state index in [9.17, 15) is 13.2 Å². The average Bonchev–Trinajstić information content (AvgIpc) is 3.06. The second-order valence-electron chi connectivity index (χ2n) is 13.8. The van der Waals surface area contributed by atoms with Crippen LogP contribution in [0.15, 0.2) is 91.3 Å². The topological polar surface area (TPSA) is 132 Å². The van der Waals surface area contributed by atoms with Crippen molar-refractivity contribution in [2.45, 2.75) is 82.6 Å². The fourth-order valence-electron chi connectivity index (χ4n) is 6.26. The Morgan fingerprint density at radius 2 is 1.58 bits per heavy atom. The fraction of sp³-hybridized carbons (Fsp3) is 0.333. The van der Waals surface area contributed by atoms with Gasteiger partial charge in [-0.25, -0.2) is 28.2 Å². The SMILES string of the molecule is Cc1ccc2c(CS(=O)(=O)Cc3ccccc3)cccc2c1Oc1ncccc1-c1ccnc(NC2CCC(NC(=O)OC(C)(C)C)CC2)n1. The van der Waals surface area contributed by atoms with E-state index >= 15 is 0 Å². The molecule has 260 valence electrons. The lowest BCUT2D eigenvalue weighted by atomic mass is 9.91. The largest absolute Gasteiger partial charge is 0.444 e. The maximum absolute atomic E-state index is 13.2. The Bertz CT molecular complexity index is 2070. The molecule has 0 spiro atoms. The van der Waals surface area contributed by atoms with E-state index in [2.05, 4.69) is 20.6 Å². The van der Waals surface area contributed by atoms with E-state index in [-0.39, 0.29) is 29.7 Å². The van der Waals surface area contributed by atoms with Gasteiger partial charge in [-0.1, -0.05) is 60.7 Å². The van der Waals surface area contributed by atoms with Crippen molar-refractivity contribution in [3.63, 3.8) is 0 Å². The minimum Gasteiger partial charge on any atom is -0.444 e. The van der Waals surface area contributed by atoms with Gasteiger partial charge in [0.05, 0.1) is 22.8 Å². The first-order valence-electron chi connectivity index (χ1n) is 16.9. The van der Waals surface area contributed by atoms with Crippen molar-refractivity contribution in [3.8, 4) is 22.9 Å². The van der Waals surface area contributed by atoms with E-state index in [1.807, 2.05) is 107 Å². The molecule has 5 aromatic rings. The van der Waals surface area contributed by atoms with Crippen LogP contribution in [0.25, 0.3) is 22.0 Å². The number of hydrogen-bond acceptors (Lipinski definition) is 9. The molecule has 0 saturated heterocycles. The molecule has 0 radical (unpaired) electrons. The first kappa shape index (κ1) is 34.8. The van der Waals surface area contributed by atoms with Gasteiger partial charge < -0.3 is 20.1 Å². The number of aryl methyl sites for hydroxylation is 1. The Labute approximate surface area is 293 Å². The van der Waals surface area contributed by atoms with Crippen LogP contribution in [0.5, 0.6) is 11.6 Å². The van der Waals surface area contributed by atoms with E-state index in [0.717, 1.165) is 47.6 Å². The maximum atomic E-state index is 13.2. The molecule has 0 aliphatic heterocycles. The third-order valence-corrected chi connectivity index (χ3v) is 10.1. The molecule has 11 heteroatoms. The standard InChI is InChI=1S/C39H43N5O5S/c1-26-15-20-31-28(25-50(46,47)24-27-10-6-5-7-11-27)12-8-13-32(31)35(26)48-36-33(14-9-22-40-36)34-21-23-41-37(44-34)42-29-16-18-30(19-17-29)43-38(45)49-39(2,3)4/h5-15,20-23,29-30H,16-19,24-25H2,1-4H3,(H,43,45)(H,41,42,44). The van der Waals surface area contributed by atoms with Crippen LogP contribution in [0.1, 0.15) is 63.1 Å². The number of rotatable bonds is 10. The van der Waals surface area contributed by atoms with Gasteiger partial charge in [-0.05, 0) is 93.7 Å². The third kappa shape index (κ3) is 8.95. The summed E-state index contributed by atoms with van der Waals surface area (Å²) in [5.41, 5.74) is 3.18. The third-order valence-electron chi connectivity index (χ3n) is 8.59. The van der Waals surface area contributed by atoms with E-state index < -0.39 is 15.4 Å². The molecule has 0 unspecified atom stereocenters. The van der Waals surface area contributed by atoms with Gasteiger partial charge in [-0.3, -0.25) is 0 Å². The number of amides is 1. The zero-order valence-corrected chi connectivity index (χ0v) is 29.7. The van der Waals surface area contributed by atoms with Crippen molar-refractivity contribution in [1.29, 1.82) is 0 Å². The zero-order chi connectivity index (χ0) is 35.3. The molecule has 50 heavy (non-hydrogen) atoms. The summed E-state index contributed by atoms with van der Waals surface area (Å²) in [6, 6.07) is 24.6. The highest BCUT2D eigenvalue weighted by molar-refractivity contribution is 7.89. The molecule has 1 amide bonds. The Morgan fingerprint density at radius 3 is 2.34 bits per heavy atom. The molecule has 1 saturated carbocycles. The van der Waals surface area contributed by atoms with Crippen LogP contribution >= 0.6 is 0 Å². The predicted molar refractivity (Wildman–Crippen MR) is 196 cm³/mol. The number of sulfone groups is 1. The summed E-state index contributed by atoms with van der Waals surface area (Å²) >= 11 is 0. The van der Waals surface area contributed by atoms with Crippen molar-refractivity contribution in [2.24, 2.45) is 0 Å². The molecule has 0 bridgehead atoms. The maximum Gasteiger partial charge on any atom is 0.407 e. The van der Waals surface area contributed by atoms with Crippen molar-refractivity contribution in [1.82, 2.24) is 20.3 Å². The number of nitrogens with zero attached hydrogens (tertiary/aromatic N) is 3. The van der Waals surface area contributed by atoms with Gasteiger partial charge in [0, 0.05) is 29.9 Å². The first-order chi connectivity index (χ1) is 23.9. The van der Waals surface area contributed by atoms with Gasteiger partial charge in [0.1, 0.15) is 11.4 Å². The number of fused-ring (bicyclic) bond motifs is 1. The first-order valence-corrected chi connectivity index (χ1v) is 18.7. The van der Waals surface area contributed by atoms with Gasteiger partial charge in [0.2, 0.25) is 11.8 Å². The van der Waals surface area contributed by atoms with Crippen molar-refractivity contribution < 1.29 is 22.7 Å². The molecule has 2 heterocycles. The second-order valence-corrected chi connectivity index (χ2v) is 15.9. The van der Waals surface area contributed by atoms with E-state index in [0.29, 0.717) is 34.4 Å². The summed E-state index contributed by atoms with van der Waals surface area (Å²) in [5, 5.41) is 8.07. The van der Waals surface area contributed by atoms with Crippen LogP contribution < -0.4 is 15.4 Å². The van der Waals surface area contributed by atoms with Crippen LogP contribution in [0, 0.1) is 6.92 Å². The van der Waals surface area contributed by atoms with Gasteiger partial charge in [-0.15, -0.1) is 0 Å². The van der Waals surface area contributed by atoms with Gasteiger partial charge in [-0.2, -0.15) is 0 Å². The Morgan fingerprint density at radius 1 is 0.820 bits per heavy atom. The molecule has 1 aliphatic rings. The second kappa shape index (κ2) is 14.8. The van der Waals surface area contributed by atoms with E-state index in [4.69, 9.17) is 14.5 Å². The highest BCUT2D eigenvalue weighted by Gasteiger charge is 2.25. The smallest absolute Gasteiger partial charge is 0.407 e. The Kier molecular flexibility index (Phi) is 10.3. The molecule has 2 aromatic heterocycles. The number of hydrogen-bond donors (Lipinski definition) is 2. The minimum absolute atomic E-state index is 0.0287. The number of carbonyl (C=O) groups is 1. The molecular weight excluding hydrogens is 651 g/mol. The zero-order valence-electron chi connectivity index (χ0n) is 28.8. The minimum atomic E-state index is -3.43. The molecule has 1 aliphatic carbocycles. The Hall–Kier alpha value is -5.03. The van der Waals surface area contributed by atoms with Gasteiger partial charge in [0.25, 0.3) is 0 Å². The number of carbonyl (C=O) groups excluding carboxylic acids is 1. The van der Waals surface area contributed by atoms with Crippen LogP contribution in [-0.4, -0.2) is 47.1 Å². The number of aromatic nitrogens is 3. The highest BCUT2D eigenvalue weighted by atomic mass is 32.2. The number of benzene rings is 3. The summed E-state index contributed by atoms with van der Waals surface area (Å²) in [7, 11) is -3.43. The van der Waals surface area contributed by atoms with E-state index in [1.54, 1.807) is 12.4 Å². The van der Waals surface area contributed by atoms with Crippen molar-refractivity contribution >= 4 is 32.7 Å². The predicted octanol–water partition coefficient (Wildman–Crippen LogP) is 8.16. The van der Waals surface area contributed by atoms with Gasteiger partial charge >= 0.3 is 6.09 Å². The lowest BCUT2D eigenvalue weighted by Gasteiger charge is -2.30. The van der Waals surface area contributed by atoms with Crippen LogP contribution in [0.2, 0.25) is 0 Å². The number of ether oxygens (including phenoxy) is 2. The highest BCUT2D eigenvalue weighted by Crippen LogP contribution is 2.38. The normalized spacial score (nSPS) is 16.5. The number of alkyl carbamates (subject to hydrolysis) is 1. The number of nitrogens with one attached hydrogen (secondary N) is 2. The average molecular weight is 694 g/mol. The van der Waals surface area contributed by atoms with E-state index in [1.165, 1.54) is 0 Å². The molecule has 1 fully saturated rings. The number of anilines is 1. The molecule has 0 atom stereocenters. The molecule has 6 rings (SSSR count). The quantitative estimate of drug-likeness (QED) is 0.149. The number of pyridine rings is 1. The van der Waals surface area contributed by atoms with Crippen molar-refractivity contribution in [2.75, 3.05) is 5.32 Å². The molecule has 10 nitrogen and oxygen atoms in total. The van der Waals surface area contributed by atoms with Gasteiger partial charge in [0.15, 0.2) is 9.84 Å². The monoisotopic (exact) mass is 693 g/mol. The van der Waals surface area contributed by atoms with Crippen LogP contribution in [-0.2, 0) is 26.1 Å². The summed E-state index contributed by atoms with van der Waals surface area (Å²) in [6.45, 7) is 7.52. The molecule has 3 aromatic carbocycles. The van der Waals surface area contributed by atoms with Crippen LogP contribution in [0.4, 0.5) is 10.7 Å². The summed E-state index contributed by atoms with van der Waals surface area (Å²) in [5.74, 6) is 1.37.